The van der Waals surface area contributed by atoms with Gasteiger partial charge < -0.3 is 20.6 Å². The van der Waals surface area contributed by atoms with E-state index in [2.05, 4.69) is 33.0 Å². The van der Waals surface area contributed by atoms with Crippen LogP contribution in [0.25, 0.3) is 0 Å². The van der Waals surface area contributed by atoms with Crippen LogP contribution in [0.3, 0.4) is 0 Å². The Hall–Kier alpha value is -0.740. The van der Waals surface area contributed by atoms with Crippen LogP contribution in [0, 0.1) is 58.2 Å². The summed E-state index contributed by atoms with van der Waals surface area (Å²) in [5.74, 6) is 0.606. The van der Waals surface area contributed by atoms with Crippen molar-refractivity contribution in [3.63, 3.8) is 0 Å². The average Bonchev–Trinajstić information content (AvgIpc) is 3.22. The van der Waals surface area contributed by atoms with E-state index >= 15 is 0 Å². The van der Waals surface area contributed by atoms with Crippen molar-refractivity contribution < 1.29 is 33.1 Å². The molecule has 0 radical (unpaired) electrons. The summed E-state index contributed by atoms with van der Waals surface area (Å²) < 4.78 is 32.1. The lowest BCUT2D eigenvalue weighted by Crippen LogP contribution is -2.65. The number of carbonyl (C=O) groups is 1. The van der Waals surface area contributed by atoms with E-state index in [0.717, 1.165) is 38.5 Å². The number of fused-ring (bicyclic) bond motifs is 5. The lowest BCUT2D eigenvalue weighted by atomic mass is 9.41. The first-order valence-corrected chi connectivity index (χ1v) is 17.4. The molecule has 4 saturated carbocycles. The zero-order valence-electron chi connectivity index (χ0n) is 25.4. The molecule has 0 aliphatic heterocycles. The van der Waals surface area contributed by atoms with Gasteiger partial charge >= 0.3 is 0 Å². The highest BCUT2D eigenvalue weighted by Gasteiger charge is 2.67. The van der Waals surface area contributed by atoms with Gasteiger partial charge in [0.05, 0.1) is 24.1 Å². The van der Waals surface area contributed by atoms with Crippen LogP contribution in [0.2, 0.25) is 0 Å². The second-order valence-electron chi connectivity index (χ2n) is 14.9. The summed E-state index contributed by atoms with van der Waals surface area (Å²) in [6, 6.07) is -0.645. The average molecular weight is 586 g/mol. The molecule has 13 atom stereocenters. The maximum Gasteiger partial charge on any atom is 0.266 e. The Balaban J connectivity index is 1.48. The molecular weight excluding hydrogens is 530 g/mol. The Labute approximate surface area is 241 Å². The molecule has 0 bridgehead atoms. The van der Waals surface area contributed by atoms with Crippen molar-refractivity contribution in [2.75, 3.05) is 5.75 Å². The van der Waals surface area contributed by atoms with E-state index in [4.69, 9.17) is 0 Å². The summed E-state index contributed by atoms with van der Waals surface area (Å²) in [5.41, 5.74) is -0.317. The molecule has 0 heterocycles. The summed E-state index contributed by atoms with van der Waals surface area (Å²) in [7, 11) is -4.20. The van der Waals surface area contributed by atoms with Crippen LogP contribution in [-0.4, -0.2) is 64.3 Å². The molecule has 40 heavy (non-hydrogen) atoms. The van der Waals surface area contributed by atoms with Crippen molar-refractivity contribution in [3.8, 4) is 0 Å². The molecular formula is C31H55NO7S. The highest BCUT2D eigenvalue weighted by Crippen LogP contribution is 2.69. The minimum Gasteiger partial charge on any atom is -0.393 e. The first-order chi connectivity index (χ1) is 18.5. The maximum atomic E-state index is 12.8. The second-order valence-corrected chi connectivity index (χ2v) is 16.4. The third-order valence-electron chi connectivity index (χ3n) is 12.6. The fourth-order valence-electron chi connectivity index (χ4n) is 10.4. The molecule has 8 nitrogen and oxygen atoms in total. The topological polar surface area (TPSA) is 144 Å². The van der Waals surface area contributed by atoms with E-state index < -0.39 is 34.1 Å². The number of amides is 1. The number of carbonyl (C=O) groups excluding carboxylic acids is 1. The standard InChI is InChI=1S/C31H55NO7S/c1-7-20-23-14-19(33)12-13-30(23,5)24-15-26(34)31(6)21(9-10-22(31)28(24)29(20)36)18(4)8-11-27(35)32-25(17(2)3)16-40(37,38)39/h17-26,28-29,33-34,36H,7-16H2,1-6H3,(H,32,35)(H,37,38,39). The van der Waals surface area contributed by atoms with E-state index in [1.165, 1.54) is 0 Å². The number of rotatable bonds is 9. The monoisotopic (exact) mass is 585 g/mol. The van der Waals surface area contributed by atoms with E-state index in [1.54, 1.807) is 0 Å². The number of aliphatic hydroxyl groups excluding tert-OH is 3. The lowest BCUT2D eigenvalue weighted by molar-refractivity contribution is -0.228. The van der Waals surface area contributed by atoms with Gasteiger partial charge in [0.25, 0.3) is 10.1 Å². The summed E-state index contributed by atoms with van der Waals surface area (Å²) in [5, 5.41) is 37.0. The predicted octanol–water partition coefficient (Wildman–Crippen LogP) is 4.03. The summed E-state index contributed by atoms with van der Waals surface area (Å²) in [6.45, 7) is 12.5. The molecule has 0 aromatic carbocycles. The van der Waals surface area contributed by atoms with Crippen molar-refractivity contribution >= 4 is 16.0 Å². The second kappa shape index (κ2) is 11.7. The van der Waals surface area contributed by atoms with Gasteiger partial charge in [0.15, 0.2) is 0 Å². The molecule has 0 aromatic rings. The van der Waals surface area contributed by atoms with Crippen LogP contribution >= 0.6 is 0 Å². The normalized spacial score (nSPS) is 44.8. The number of hydrogen-bond donors (Lipinski definition) is 5. The smallest absolute Gasteiger partial charge is 0.266 e. The quantitative estimate of drug-likeness (QED) is 0.257. The van der Waals surface area contributed by atoms with Gasteiger partial charge in [0.2, 0.25) is 5.91 Å². The molecule has 4 fully saturated rings. The van der Waals surface area contributed by atoms with Gasteiger partial charge in [0.1, 0.15) is 0 Å². The van der Waals surface area contributed by atoms with E-state index in [9.17, 15) is 33.1 Å². The summed E-state index contributed by atoms with van der Waals surface area (Å²) in [6.07, 6.45) is 5.70. The number of hydrogen-bond acceptors (Lipinski definition) is 6. The predicted molar refractivity (Wildman–Crippen MR) is 155 cm³/mol. The van der Waals surface area contributed by atoms with Gasteiger partial charge in [-0.2, -0.15) is 8.42 Å². The van der Waals surface area contributed by atoms with Crippen LogP contribution in [0.15, 0.2) is 0 Å². The zero-order chi connectivity index (χ0) is 29.8. The Bertz CT molecular complexity index is 1020. The SMILES string of the molecule is CCC1C(O)C2C(CC(O)C3(C)C(C(C)CCC(=O)NC(CS(=O)(=O)O)C(C)C)CCC23)C2(C)CCC(O)CC12. The molecule has 5 N–H and O–H groups in total. The van der Waals surface area contributed by atoms with Crippen molar-refractivity contribution in [1.82, 2.24) is 5.32 Å². The third-order valence-corrected chi connectivity index (χ3v) is 13.4. The van der Waals surface area contributed by atoms with Crippen molar-refractivity contribution in [1.29, 1.82) is 0 Å². The lowest BCUT2D eigenvalue weighted by Gasteiger charge is -2.65. The van der Waals surface area contributed by atoms with E-state index in [1.807, 2.05) is 13.8 Å². The van der Waals surface area contributed by atoms with Crippen molar-refractivity contribution in [2.45, 2.75) is 124 Å². The minimum absolute atomic E-state index is 0.0168. The van der Waals surface area contributed by atoms with E-state index in [0.29, 0.717) is 12.8 Å². The summed E-state index contributed by atoms with van der Waals surface area (Å²) in [4.78, 5) is 12.8. The van der Waals surface area contributed by atoms with Crippen molar-refractivity contribution in [2.24, 2.45) is 58.2 Å². The molecule has 0 saturated heterocycles. The van der Waals surface area contributed by atoms with Crippen LogP contribution in [0.4, 0.5) is 0 Å². The number of aliphatic hydroxyl groups is 3. The first kappa shape index (κ1) is 32.2. The highest BCUT2D eigenvalue weighted by atomic mass is 32.2. The Kier molecular flexibility index (Phi) is 9.45. The zero-order valence-corrected chi connectivity index (χ0v) is 26.2. The molecule has 9 heteroatoms. The Morgan fingerprint density at radius 3 is 2.27 bits per heavy atom. The molecule has 0 spiro atoms. The van der Waals surface area contributed by atoms with Crippen LogP contribution in [-0.2, 0) is 14.9 Å². The molecule has 4 rings (SSSR count). The minimum atomic E-state index is -4.20. The van der Waals surface area contributed by atoms with Gasteiger partial charge in [0, 0.05) is 12.5 Å². The third kappa shape index (κ3) is 5.76. The van der Waals surface area contributed by atoms with Gasteiger partial charge in [-0.3, -0.25) is 9.35 Å². The Morgan fingerprint density at radius 1 is 1.00 bits per heavy atom. The fourth-order valence-corrected chi connectivity index (χ4v) is 11.3. The maximum absolute atomic E-state index is 12.8. The van der Waals surface area contributed by atoms with Gasteiger partial charge in [-0.05, 0) is 103 Å². The van der Waals surface area contributed by atoms with Gasteiger partial charge in [-0.25, -0.2) is 0 Å². The molecule has 4 aliphatic rings. The van der Waals surface area contributed by atoms with E-state index in [-0.39, 0.29) is 76.6 Å². The molecule has 232 valence electrons. The van der Waals surface area contributed by atoms with Crippen molar-refractivity contribution in [3.05, 3.63) is 0 Å². The Morgan fingerprint density at radius 2 is 1.68 bits per heavy atom. The molecule has 13 unspecified atom stereocenters. The largest absolute Gasteiger partial charge is 0.393 e. The van der Waals surface area contributed by atoms with Crippen LogP contribution in [0.1, 0.15) is 99.3 Å². The van der Waals surface area contributed by atoms with Crippen LogP contribution in [0.5, 0.6) is 0 Å². The summed E-state index contributed by atoms with van der Waals surface area (Å²) >= 11 is 0. The highest BCUT2D eigenvalue weighted by molar-refractivity contribution is 7.85. The van der Waals surface area contributed by atoms with Gasteiger partial charge in [-0.1, -0.05) is 48.0 Å². The van der Waals surface area contributed by atoms with Crippen LogP contribution < -0.4 is 5.32 Å². The molecule has 1 amide bonds. The number of nitrogens with one attached hydrogen (secondary N) is 1. The molecule has 4 aliphatic carbocycles. The van der Waals surface area contributed by atoms with Gasteiger partial charge in [-0.15, -0.1) is 0 Å². The first-order valence-electron chi connectivity index (χ1n) is 15.8. The fraction of sp³-hybridized carbons (Fsp3) is 0.968. The molecule has 0 aromatic heterocycles.